The molecule has 2 amide bonds. The molecule has 3 rings (SSSR count). The zero-order valence-corrected chi connectivity index (χ0v) is 15.5. The van der Waals surface area contributed by atoms with Gasteiger partial charge in [0.2, 0.25) is 11.8 Å². The lowest BCUT2D eigenvalue weighted by molar-refractivity contribution is -0.141. The van der Waals surface area contributed by atoms with Crippen molar-refractivity contribution in [3.63, 3.8) is 0 Å². The minimum atomic E-state index is -0.796. The van der Waals surface area contributed by atoms with Gasteiger partial charge in [-0.3, -0.25) is 9.59 Å². The molecule has 4 heteroatoms. The molecule has 1 fully saturated rings. The van der Waals surface area contributed by atoms with E-state index in [0.717, 1.165) is 17.5 Å². The van der Waals surface area contributed by atoms with Crippen LogP contribution in [-0.2, 0) is 29.1 Å². The summed E-state index contributed by atoms with van der Waals surface area (Å²) < 4.78 is 0. The van der Waals surface area contributed by atoms with Crippen molar-refractivity contribution in [2.45, 2.75) is 51.7 Å². The molecule has 0 saturated carbocycles. The summed E-state index contributed by atoms with van der Waals surface area (Å²) in [6, 6.07) is 18.1. The van der Waals surface area contributed by atoms with Gasteiger partial charge in [-0.05, 0) is 36.5 Å². The quantitative estimate of drug-likeness (QED) is 0.867. The fraction of sp³-hybridized carbons (Fsp3) is 0.364. The topological polar surface area (TPSA) is 49.4 Å². The van der Waals surface area contributed by atoms with Crippen molar-refractivity contribution in [3.05, 3.63) is 71.3 Å². The van der Waals surface area contributed by atoms with Gasteiger partial charge in [-0.25, -0.2) is 0 Å². The summed E-state index contributed by atoms with van der Waals surface area (Å²) in [5.74, 6) is -0.0423. The van der Waals surface area contributed by atoms with Crippen molar-refractivity contribution in [3.8, 4) is 0 Å². The van der Waals surface area contributed by atoms with Crippen molar-refractivity contribution < 1.29 is 9.59 Å². The SMILES string of the molecule is CCc1ccc(CN2C(=O)CCC2(C)C(=O)NCc2ccccc2)cc1. The molecule has 0 bridgehead atoms. The monoisotopic (exact) mass is 350 g/mol. The molecule has 26 heavy (non-hydrogen) atoms. The Bertz CT molecular complexity index is 770. The molecular weight excluding hydrogens is 324 g/mol. The van der Waals surface area contributed by atoms with Crippen LogP contribution in [0.2, 0.25) is 0 Å². The molecule has 0 aliphatic carbocycles. The molecule has 1 aliphatic rings. The molecule has 1 aliphatic heterocycles. The molecule has 0 radical (unpaired) electrons. The number of hydrogen-bond acceptors (Lipinski definition) is 2. The fourth-order valence-corrected chi connectivity index (χ4v) is 3.43. The third kappa shape index (κ3) is 3.79. The highest BCUT2D eigenvalue weighted by molar-refractivity contribution is 5.94. The lowest BCUT2D eigenvalue weighted by Crippen LogP contribution is -2.53. The largest absolute Gasteiger partial charge is 0.350 e. The minimum absolute atomic E-state index is 0.0435. The van der Waals surface area contributed by atoms with Gasteiger partial charge < -0.3 is 10.2 Å². The van der Waals surface area contributed by atoms with Crippen LogP contribution < -0.4 is 5.32 Å². The Morgan fingerprint density at radius 2 is 1.69 bits per heavy atom. The van der Waals surface area contributed by atoms with Crippen LogP contribution >= 0.6 is 0 Å². The van der Waals surface area contributed by atoms with Gasteiger partial charge in [-0.15, -0.1) is 0 Å². The summed E-state index contributed by atoms with van der Waals surface area (Å²) >= 11 is 0. The highest BCUT2D eigenvalue weighted by Crippen LogP contribution is 2.32. The Morgan fingerprint density at radius 1 is 1.04 bits per heavy atom. The first-order chi connectivity index (χ1) is 12.5. The van der Waals surface area contributed by atoms with Gasteiger partial charge >= 0.3 is 0 Å². The van der Waals surface area contributed by atoms with Gasteiger partial charge in [0, 0.05) is 19.5 Å². The van der Waals surface area contributed by atoms with Gasteiger partial charge in [0.05, 0.1) is 0 Å². The predicted octanol–water partition coefficient (Wildman–Crippen LogP) is 3.45. The van der Waals surface area contributed by atoms with Crippen LogP contribution in [0.3, 0.4) is 0 Å². The average molecular weight is 350 g/mol. The van der Waals surface area contributed by atoms with Gasteiger partial charge in [0.1, 0.15) is 5.54 Å². The Morgan fingerprint density at radius 3 is 2.35 bits per heavy atom. The number of aryl methyl sites for hydroxylation is 1. The molecule has 1 heterocycles. The Kier molecular flexibility index (Phi) is 5.40. The third-order valence-corrected chi connectivity index (χ3v) is 5.28. The molecule has 0 spiro atoms. The highest BCUT2D eigenvalue weighted by atomic mass is 16.2. The van der Waals surface area contributed by atoms with Crippen LogP contribution in [0, 0.1) is 0 Å². The van der Waals surface area contributed by atoms with Gasteiger partial charge in [0.15, 0.2) is 0 Å². The average Bonchev–Trinajstić information content (AvgIpc) is 2.97. The third-order valence-electron chi connectivity index (χ3n) is 5.28. The maximum Gasteiger partial charge on any atom is 0.245 e. The first-order valence-corrected chi connectivity index (χ1v) is 9.23. The van der Waals surface area contributed by atoms with E-state index in [0.29, 0.717) is 25.9 Å². The summed E-state index contributed by atoms with van der Waals surface area (Å²) in [5.41, 5.74) is 2.58. The number of carbonyl (C=O) groups is 2. The van der Waals surface area contributed by atoms with E-state index in [9.17, 15) is 9.59 Å². The number of rotatable bonds is 6. The molecule has 1 saturated heterocycles. The Balaban J connectivity index is 1.70. The first kappa shape index (κ1) is 18.2. The minimum Gasteiger partial charge on any atom is -0.350 e. The summed E-state index contributed by atoms with van der Waals surface area (Å²) in [6.07, 6.45) is 1.96. The molecule has 2 aromatic carbocycles. The molecule has 136 valence electrons. The number of benzene rings is 2. The standard InChI is InChI=1S/C22H26N2O2/c1-3-17-9-11-19(12-10-17)16-24-20(25)13-14-22(24,2)21(26)23-15-18-7-5-4-6-8-18/h4-12H,3,13-16H2,1-2H3,(H,23,26). The summed E-state index contributed by atoms with van der Waals surface area (Å²) in [5, 5.41) is 3.00. The van der Waals surface area contributed by atoms with E-state index in [1.54, 1.807) is 4.90 Å². The van der Waals surface area contributed by atoms with Gasteiger partial charge in [-0.1, -0.05) is 61.5 Å². The van der Waals surface area contributed by atoms with E-state index in [1.165, 1.54) is 5.56 Å². The maximum absolute atomic E-state index is 12.9. The van der Waals surface area contributed by atoms with Crippen LogP contribution in [-0.4, -0.2) is 22.3 Å². The van der Waals surface area contributed by atoms with Crippen molar-refractivity contribution in [2.24, 2.45) is 0 Å². The van der Waals surface area contributed by atoms with E-state index in [1.807, 2.05) is 49.4 Å². The molecule has 1 atom stereocenters. The van der Waals surface area contributed by atoms with E-state index in [-0.39, 0.29) is 11.8 Å². The fourth-order valence-electron chi connectivity index (χ4n) is 3.43. The van der Waals surface area contributed by atoms with Crippen LogP contribution in [0.4, 0.5) is 0 Å². The van der Waals surface area contributed by atoms with E-state index in [2.05, 4.69) is 24.4 Å². The van der Waals surface area contributed by atoms with Crippen LogP contribution in [0.5, 0.6) is 0 Å². The van der Waals surface area contributed by atoms with Crippen molar-refractivity contribution in [1.29, 1.82) is 0 Å². The summed E-state index contributed by atoms with van der Waals surface area (Å²) in [6.45, 7) is 4.94. The highest BCUT2D eigenvalue weighted by Gasteiger charge is 2.46. The second kappa shape index (κ2) is 7.73. The molecular formula is C22H26N2O2. The number of likely N-dealkylation sites (tertiary alicyclic amines) is 1. The number of hydrogen-bond donors (Lipinski definition) is 1. The zero-order chi connectivity index (χ0) is 18.6. The van der Waals surface area contributed by atoms with E-state index in [4.69, 9.17) is 0 Å². The number of amides is 2. The predicted molar refractivity (Wildman–Crippen MR) is 102 cm³/mol. The second-order valence-corrected chi connectivity index (χ2v) is 7.09. The summed E-state index contributed by atoms with van der Waals surface area (Å²) in [4.78, 5) is 27.1. The smallest absolute Gasteiger partial charge is 0.245 e. The lowest BCUT2D eigenvalue weighted by Gasteiger charge is -2.34. The van der Waals surface area contributed by atoms with Crippen LogP contribution in [0.25, 0.3) is 0 Å². The van der Waals surface area contributed by atoms with E-state index < -0.39 is 5.54 Å². The van der Waals surface area contributed by atoms with Crippen molar-refractivity contribution >= 4 is 11.8 Å². The molecule has 2 aromatic rings. The molecule has 1 unspecified atom stereocenters. The summed E-state index contributed by atoms with van der Waals surface area (Å²) in [7, 11) is 0. The van der Waals surface area contributed by atoms with E-state index >= 15 is 0 Å². The Labute approximate surface area is 155 Å². The molecule has 1 N–H and O–H groups in total. The van der Waals surface area contributed by atoms with Crippen molar-refractivity contribution in [2.75, 3.05) is 0 Å². The van der Waals surface area contributed by atoms with Crippen molar-refractivity contribution in [1.82, 2.24) is 10.2 Å². The van der Waals surface area contributed by atoms with Crippen LogP contribution in [0.15, 0.2) is 54.6 Å². The Hall–Kier alpha value is -2.62. The number of nitrogens with zero attached hydrogens (tertiary/aromatic N) is 1. The second-order valence-electron chi connectivity index (χ2n) is 7.09. The maximum atomic E-state index is 12.9. The first-order valence-electron chi connectivity index (χ1n) is 9.23. The molecule has 4 nitrogen and oxygen atoms in total. The van der Waals surface area contributed by atoms with Gasteiger partial charge in [0.25, 0.3) is 0 Å². The normalized spacial score (nSPS) is 19.6. The number of carbonyl (C=O) groups excluding carboxylic acids is 2. The molecule has 0 aromatic heterocycles. The van der Waals surface area contributed by atoms with Crippen LogP contribution in [0.1, 0.15) is 43.4 Å². The lowest BCUT2D eigenvalue weighted by atomic mass is 9.96. The number of nitrogens with one attached hydrogen (secondary N) is 1. The van der Waals surface area contributed by atoms with Gasteiger partial charge in [-0.2, -0.15) is 0 Å². The zero-order valence-electron chi connectivity index (χ0n) is 15.5.